The average molecular weight is 290 g/mol. The van der Waals surface area contributed by atoms with Gasteiger partial charge in [0.15, 0.2) is 0 Å². The highest BCUT2D eigenvalue weighted by atomic mass is 16.5. The molecule has 0 radical (unpaired) electrons. The van der Waals surface area contributed by atoms with E-state index in [0.717, 1.165) is 38.8 Å². The molecule has 2 aliphatic heterocycles. The molecule has 1 amide bonds. The Hall–Kier alpha value is -1.69. The van der Waals surface area contributed by atoms with Crippen LogP contribution in [0, 0.1) is 5.92 Å². The Bertz CT molecular complexity index is 462. The summed E-state index contributed by atoms with van der Waals surface area (Å²) < 4.78 is 5.54. The van der Waals surface area contributed by atoms with Gasteiger partial charge < -0.3 is 15.0 Å². The van der Waals surface area contributed by atoms with E-state index >= 15 is 0 Å². The number of nitrogens with zero attached hydrogens (tertiary/aromatic N) is 3. The fourth-order valence-corrected chi connectivity index (χ4v) is 2.99. The van der Waals surface area contributed by atoms with Crippen LogP contribution in [0.2, 0.25) is 0 Å². The number of carbonyl (C=O) groups is 1. The first-order valence-electron chi connectivity index (χ1n) is 7.74. The molecule has 0 aliphatic carbocycles. The van der Waals surface area contributed by atoms with Gasteiger partial charge in [-0.3, -0.25) is 4.79 Å². The third kappa shape index (κ3) is 3.69. The lowest BCUT2D eigenvalue weighted by Crippen LogP contribution is -2.45. The van der Waals surface area contributed by atoms with Crippen molar-refractivity contribution >= 4 is 11.9 Å². The molecule has 2 saturated heterocycles. The summed E-state index contributed by atoms with van der Waals surface area (Å²) in [5.41, 5.74) is 0. The lowest BCUT2D eigenvalue weighted by atomic mass is 9.97. The number of piperidine rings is 1. The van der Waals surface area contributed by atoms with E-state index in [1.165, 1.54) is 0 Å². The average Bonchev–Trinajstić information content (AvgIpc) is 3.07. The van der Waals surface area contributed by atoms with Crippen molar-refractivity contribution in [2.24, 2.45) is 5.92 Å². The third-order valence-corrected chi connectivity index (χ3v) is 4.16. The van der Waals surface area contributed by atoms with Gasteiger partial charge in [-0.2, -0.15) is 0 Å². The minimum atomic E-state index is 0.0176. The summed E-state index contributed by atoms with van der Waals surface area (Å²) in [6.45, 7) is 3.07. The van der Waals surface area contributed by atoms with Crippen LogP contribution in [0.25, 0.3) is 0 Å². The second-order valence-electron chi connectivity index (χ2n) is 5.71. The van der Waals surface area contributed by atoms with Crippen LogP contribution in [0.15, 0.2) is 18.5 Å². The number of anilines is 1. The Kier molecular flexibility index (Phi) is 4.65. The SMILES string of the molecule is O=C(NC[C@H]1CCCO1)[C@H]1CCCN(c2ncccn2)C1. The Morgan fingerprint density at radius 3 is 2.95 bits per heavy atom. The number of aromatic nitrogens is 2. The Labute approximate surface area is 124 Å². The van der Waals surface area contributed by atoms with Crippen molar-refractivity contribution in [2.75, 3.05) is 31.1 Å². The van der Waals surface area contributed by atoms with Crippen molar-refractivity contribution in [3.8, 4) is 0 Å². The van der Waals surface area contributed by atoms with E-state index < -0.39 is 0 Å². The number of hydrogen-bond donors (Lipinski definition) is 1. The van der Waals surface area contributed by atoms with Gasteiger partial charge in [-0.15, -0.1) is 0 Å². The molecule has 0 spiro atoms. The molecule has 2 fully saturated rings. The summed E-state index contributed by atoms with van der Waals surface area (Å²) in [5.74, 6) is 0.865. The fraction of sp³-hybridized carbons (Fsp3) is 0.667. The maximum Gasteiger partial charge on any atom is 0.225 e. The van der Waals surface area contributed by atoms with E-state index in [9.17, 15) is 4.79 Å². The molecule has 6 heteroatoms. The standard InChI is InChI=1S/C15H22N4O2/c20-14(18-10-13-5-2-9-21-13)12-4-1-8-19(11-12)15-16-6-3-7-17-15/h3,6-7,12-13H,1-2,4-5,8-11H2,(H,18,20)/t12-,13+/m0/s1. The molecule has 2 atom stereocenters. The molecule has 0 saturated carbocycles. The monoisotopic (exact) mass is 290 g/mol. The molecule has 1 N–H and O–H groups in total. The molecular weight excluding hydrogens is 268 g/mol. The summed E-state index contributed by atoms with van der Waals surface area (Å²) in [6.07, 6.45) is 7.76. The first kappa shape index (κ1) is 14.3. The van der Waals surface area contributed by atoms with E-state index in [1.807, 2.05) is 0 Å². The van der Waals surface area contributed by atoms with Gasteiger partial charge in [0, 0.05) is 38.6 Å². The first-order valence-corrected chi connectivity index (χ1v) is 7.74. The van der Waals surface area contributed by atoms with Crippen molar-refractivity contribution in [2.45, 2.75) is 31.8 Å². The van der Waals surface area contributed by atoms with E-state index in [2.05, 4.69) is 20.2 Å². The quantitative estimate of drug-likeness (QED) is 0.895. The summed E-state index contributed by atoms with van der Waals surface area (Å²) in [7, 11) is 0. The molecule has 0 bridgehead atoms. The van der Waals surface area contributed by atoms with Crippen molar-refractivity contribution < 1.29 is 9.53 Å². The van der Waals surface area contributed by atoms with Gasteiger partial charge in [0.1, 0.15) is 0 Å². The fourth-order valence-electron chi connectivity index (χ4n) is 2.99. The normalized spacial score (nSPS) is 25.8. The number of amides is 1. The maximum atomic E-state index is 12.3. The Morgan fingerprint density at radius 2 is 2.19 bits per heavy atom. The molecule has 0 unspecified atom stereocenters. The second kappa shape index (κ2) is 6.85. The van der Waals surface area contributed by atoms with Crippen LogP contribution >= 0.6 is 0 Å². The van der Waals surface area contributed by atoms with Crippen LogP contribution in [0.3, 0.4) is 0 Å². The highest BCUT2D eigenvalue weighted by molar-refractivity contribution is 5.79. The van der Waals surface area contributed by atoms with E-state index in [-0.39, 0.29) is 17.9 Å². The van der Waals surface area contributed by atoms with Crippen molar-refractivity contribution in [3.63, 3.8) is 0 Å². The van der Waals surface area contributed by atoms with Gasteiger partial charge in [-0.1, -0.05) is 0 Å². The lowest BCUT2D eigenvalue weighted by Gasteiger charge is -2.32. The smallest absolute Gasteiger partial charge is 0.225 e. The molecule has 0 aromatic carbocycles. The summed E-state index contributed by atoms with van der Waals surface area (Å²) in [5, 5.41) is 3.03. The second-order valence-corrected chi connectivity index (χ2v) is 5.71. The highest BCUT2D eigenvalue weighted by Gasteiger charge is 2.27. The minimum Gasteiger partial charge on any atom is -0.376 e. The number of rotatable bonds is 4. The van der Waals surface area contributed by atoms with Gasteiger partial charge in [0.05, 0.1) is 12.0 Å². The van der Waals surface area contributed by atoms with E-state index in [4.69, 9.17) is 4.74 Å². The third-order valence-electron chi connectivity index (χ3n) is 4.16. The van der Waals surface area contributed by atoms with E-state index in [1.54, 1.807) is 18.5 Å². The van der Waals surface area contributed by atoms with Crippen LogP contribution in [0.1, 0.15) is 25.7 Å². The predicted molar refractivity (Wildman–Crippen MR) is 79.0 cm³/mol. The Morgan fingerprint density at radius 1 is 1.33 bits per heavy atom. The van der Waals surface area contributed by atoms with Crippen molar-refractivity contribution in [3.05, 3.63) is 18.5 Å². The zero-order valence-corrected chi connectivity index (χ0v) is 12.2. The summed E-state index contributed by atoms with van der Waals surface area (Å²) >= 11 is 0. The molecule has 3 rings (SSSR count). The molecule has 2 aliphatic rings. The van der Waals surface area contributed by atoms with Gasteiger partial charge in [-0.25, -0.2) is 9.97 Å². The number of nitrogens with one attached hydrogen (secondary N) is 1. The largest absolute Gasteiger partial charge is 0.376 e. The number of carbonyl (C=O) groups excluding carboxylic acids is 1. The van der Waals surface area contributed by atoms with Gasteiger partial charge >= 0.3 is 0 Å². The van der Waals surface area contributed by atoms with Gasteiger partial charge in [0.25, 0.3) is 0 Å². The zero-order chi connectivity index (χ0) is 14.5. The molecule has 1 aromatic heterocycles. The van der Waals surface area contributed by atoms with Crippen LogP contribution in [-0.2, 0) is 9.53 Å². The van der Waals surface area contributed by atoms with Gasteiger partial charge in [-0.05, 0) is 31.7 Å². The van der Waals surface area contributed by atoms with Crippen molar-refractivity contribution in [1.82, 2.24) is 15.3 Å². The lowest BCUT2D eigenvalue weighted by molar-refractivity contribution is -0.125. The minimum absolute atomic E-state index is 0.0176. The Balaban J connectivity index is 1.51. The van der Waals surface area contributed by atoms with Crippen molar-refractivity contribution in [1.29, 1.82) is 0 Å². The molecule has 21 heavy (non-hydrogen) atoms. The predicted octanol–water partition coefficient (Wildman–Crippen LogP) is 0.988. The zero-order valence-electron chi connectivity index (χ0n) is 12.2. The topological polar surface area (TPSA) is 67.3 Å². The highest BCUT2D eigenvalue weighted by Crippen LogP contribution is 2.20. The molecule has 1 aromatic rings. The summed E-state index contributed by atoms with van der Waals surface area (Å²) in [6, 6.07) is 1.80. The number of ether oxygens (including phenoxy) is 1. The molecular formula is C15H22N4O2. The summed E-state index contributed by atoms with van der Waals surface area (Å²) in [4.78, 5) is 22.9. The van der Waals surface area contributed by atoms with Crippen LogP contribution in [-0.4, -0.2) is 48.2 Å². The van der Waals surface area contributed by atoms with Gasteiger partial charge in [0.2, 0.25) is 11.9 Å². The molecule has 6 nitrogen and oxygen atoms in total. The number of hydrogen-bond acceptors (Lipinski definition) is 5. The van der Waals surface area contributed by atoms with Crippen LogP contribution in [0.4, 0.5) is 5.95 Å². The van der Waals surface area contributed by atoms with E-state index in [0.29, 0.717) is 19.0 Å². The molecule has 3 heterocycles. The first-order chi connectivity index (χ1) is 10.3. The molecule has 114 valence electrons. The van der Waals surface area contributed by atoms with Crippen LogP contribution in [0.5, 0.6) is 0 Å². The maximum absolute atomic E-state index is 12.3. The van der Waals surface area contributed by atoms with Crippen LogP contribution < -0.4 is 10.2 Å².